The number of carbonyl (C=O) groups excluding carboxylic acids is 1. The summed E-state index contributed by atoms with van der Waals surface area (Å²) in [5.41, 5.74) is 1.24. The molecule has 2 aromatic rings. The number of benzene rings is 1. The molecule has 0 atom stereocenters. The van der Waals surface area contributed by atoms with Crippen LogP contribution in [0.2, 0.25) is 0 Å². The van der Waals surface area contributed by atoms with E-state index >= 15 is 0 Å². The van der Waals surface area contributed by atoms with Crippen molar-refractivity contribution >= 4 is 28.3 Å². The SMILES string of the molecule is CC1=NN(c2ccc3cccc(O)c3n2)C(=O)C1. The molecular formula is C13H11N3O2. The van der Waals surface area contributed by atoms with Crippen LogP contribution in [0.1, 0.15) is 13.3 Å². The molecule has 0 saturated carbocycles. The first kappa shape index (κ1) is 10.7. The van der Waals surface area contributed by atoms with E-state index in [-0.39, 0.29) is 11.7 Å². The van der Waals surface area contributed by atoms with Gasteiger partial charge in [-0.3, -0.25) is 4.79 Å². The van der Waals surface area contributed by atoms with Crippen LogP contribution in [0.4, 0.5) is 5.82 Å². The molecule has 1 aromatic carbocycles. The maximum Gasteiger partial charge on any atom is 0.254 e. The van der Waals surface area contributed by atoms with Crippen LogP contribution in [0.15, 0.2) is 35.4 Å². The summed E-state index contributed by atoms with van der Waals surface area (Å²) in [6.45, 7) is 1.80. The number of hydrogen-bond donors (Lipinski definition) is 1. The van der Waals surface area contributed by atoms with Gasteiger partial charge in [0.2, 0.25) is 0 Å². The molecule has 0 aliphatic carbocycles. The molecule has 18 heavy (non-hydrogen) atoms. The monoisotopic (exact) mass is 241 g/mol. The smallest absolute Gasteiger partial charge is 0.254 e. The average Bonchev–Trinajstić information content (AvgIpc) is 2.69. The second-order valence-corrected chi connectivity index (χ2v) is 4.24. The van der Waals surface area contributed by atoms with E-state index in [1.54, 1.807) is 25.1 Å². The highest BCUT2D eigenvalue weighted by molar-refractivity contribution is 6.12. The van der Waals surface area contributed by atoms with Crippen LogP contribution < -0.4 is 5.01 Å². The highest BCUT2D eigenvalue weighted by atomic mass is 16.3. The van der Waals surface area contributed by atoms with E-state index in [9.17, 15) is 9.90 Å². The maximum atomic E-state index is 11.7. The summed E-state index contributed by atoms with van der Waals surface area (Å²) in [6, 6.07) is 8.71. The van der Waals surface area contributed by atoms with Gasteiger partial charge in [-0.05, 0) is 25.1 Å². The molecule has 1 aromatic heterocycles. The molecule has 2 heterocycles. The highest BCUT2D eigenvalue weighted by Gasteiger charge is 2.23. The van der Waals surface area contributed by atoms with E-state index in [0.717, 1.165) is 11.1 Å². The Morgan fingerprint density at radius 2 is 2.11 bits per heavy atom. The molecule has 0 saturated heterocycles. The number of amides is 1. The van der Waals surface area contributed by atoms with Crippen molar-refractivity contribution in [1.29, 1.82) is 0 Å². The molecule has 5 heteroatoms. The number of para-hydroxylation sites is 1. The lowest BCUT2D eigenvalue weighted by molar-refractivity contribution is -0.116. The van der Waals surface area contributed by atoms with Gasteiger partial charge in [-0.1, -0.05) is 12.1 Å². The Morgan fingerprint density at radius 1 is 1.28 bits per heavy atom. The Hall–Kier alpha value is -2.43. The summed E-state index contributed by atoms with van der Waals surface area (Å²) in [5.74, 6) is 0.433. The number of nitrogens with zero attached hydrogens (tertiary/aromatic N) is 3. The topological polar surface area (TPSA) is 65.8 Å². The normalized spacial score (nSPS) is 15.3. The van der Waals surface area contributed by atoms with Crippen LogP contribution in [0.3, 0.4) is 0 Å². The summed E-state index contributed by atoms with van der Waals surface area (Å²) in [5, 5.41) is 16.0. The molecule has 1 N–H and O–H groups in total. The first-order valence-corrected chi connectivity index (χ1v) is 5.61. The van der Waals surface area contributed by atoms with Gasteiger partial charge < -0.3 is 5.11 Å². The number of hydrogen-bond acceptors (Lipinski definition) is 4. The second-order valence-electron chi connectivity index (χ2n) is 4.24. The van der Waals surface area contributed by atoms with Crippen LogP contribution >= 0.6 is 0 Å². The lowest BCUT2D eigenvalue weighted by atomic mass is 10.2. The predicted molar refractivity (Wildman–Crippen MR) is 68.6 cm³/mol. The van der Waals surface area contributed by atoms with Crippen LogP contribution in [0.5, 0.6) is 5.75 Å². The summed E-state index contributed by atoms with van der Waals surface area (Å²) < 4.78 is 0. The number of carbonyl (C=O) groups is 1. The largest absolute Gasteiger partial charge is 0.506 e. The number of rotatable bonds is 1. The van der Waals surface area contributed by atoms with Crippen molar-refractivity contribution in [2.45, 2.75) is 13.3 Å². The third kappa shape index (κ3) is 1.60. The second kappa shape index (κ2) is 3.80. The molecule has 1 amide bonds. The number of pyridine rings is 1. The number of aromatic hydroxyl groups is 1. The van der Waals surface area contributed by atoms with Crippen molar-refractivity contribution in [2.75, 3.05) is 5.01 Å². The van der Waals surface area contributed by atoms with Crippen molar-refractivity contribution in [3.63, 3.8) is 0 Å². The summed E-state index contributed by atoms with van der Waals surface area (Å²) >= 11 is 0. The van der Waals surface area contributed by atoms with E-state index in [1.165, 1.54) is 5.01 Å². The van der Waals surface area contributed by atoms with Gasteiger partial charge in [-0.25, -0.2) is 4.98 Å². The van der Waals surface area contributed by atoms with E-state index < -0.39 is 0 Å². The third-order valence-corrected chi connectivity index (χ3v) is 2.82. The van der Waals surface area contributed by atoms with Gasteiger partial charge in [0.15, 0.2) is 5.82 Å². The number of anilines is 1. The Kier molecular flexibility index (Phi) is 2.26. The summed E-state index contributed by atoms with van der Waals surface area (Å²) in [4.78, 5) is 16.0. The fourth-order valence-electron chi connectivity index (χ4n) is 1.97. The van der Waals surface area contributed by atoms with Crippen LogP contribution in [0, 0.1) is 0 Å². The predicted octanol–water partition coefficient (Wildman–Crippen LogP) is 2.05. The lowest BCUT2D eigenvalue weighted by Crippen LogP contribution is -2.20. The van der Waals surface area contributed by atoms with Gasteiger partial charge in [0.1, 0.15) is 11.3 Å². The van der Waals surface area contributed by atoms with E-state index in [1.807, 2.05) is 12.1 Å². The molecule has 0 unspecified atom stereocenters. The highest BCUT2D eigenvalue weighted by Crippen LogP contribution is 2.26. The van der Waals surface area contributed by atoms with Crippen molar-refractivity contribution < 1.29 is 9.90 Å². The number of aromatic nitrogens is 1. The zero-order valence-corrected chi connectivity index (χ0v) is 9.79. The van der Waals surface area contributed by atoms with E-state index in [0.29, 0.717) is 17.8 Å². The van der Waals surface area contributed by atoms with Crippen LogP contribution in [-0.4, -0.2) is 21.7 Å². The maximum absolute atomic E-state index is 11.7. The minimum Gasteiger partial charge on any atom is -0.506 e. The first-order valence-electron chi connectivity index (χ1n) is 5.61. The summed E-state index contributed by atoms with van der Waals surface area (Å²) in [6.07, 6.45) is 0.320. The first-order chi connectivity index (χ1) is 8.65. The Morgan fingerprint density at radius 3 is 2.83 bits per heavy atom. The molecule has 0 fully saturated rings. The fraction of sp³-hybridized carbons (Fsp3) is 0.154. The van der Waals surface area contributed by atoms with Gasteiger partial charge in [-0.15, -0.1) is 0 Å². The molecular weight excluding hydrogens is 230 g/mol. The van der Waals surface area contributed by atoms with Crippen LogP contribution in [0.25, 0.3) is 10.9 Å². The number of fused-ring (bicyclic) bond motifs is 1. The standard InChI is InChI=1S/C13H11N3O2/c1-8-7-12(18)16(15-8)11-6-5-9-3-2-4-10(17)13(9)14-11/h2-6,17H,7H2,1H3. The Balaban J connectivity index is 2.14. The van der Waals surface area contributed by atoms with E-state index in [2.05, 4.69) is 10.1 Å². The summed E-state index contributed by atoms with van der Waals surface area (Å²) in [7, 11) is 0. The minimum atomic E-state index is -0.102. The number of phenolic OH excluding ortho intramolecular Hbond substituents is 1. The molecule has 1 aliphatic heterocycles. The Bertz CT molecular complexity index is 679. The van der Waals surface area contributed by atoms with Crippen molar-refractivity contribution in [3.8, 4) is 5.75 Å². The number of phenols is 1. The van der Waals surface area contributed by atoms with Gasteiger partial charge in [0.25, 0.3) is 5.91 Å². The zero-order chi connectivity index (χ0) is 12.7. The quantitative estimate of drug-likeness (QED) is 0.831. The lowest BCUT2D eigenvalue weighted by Gasteiger charge is -2.11. The molecule has 0 spiro atoms. The molecule has 0 radical (unpaired) electrons. The molecule has 1 aliphatic rings. The van der Waals surface area contributed by atoms with E-state index in [4.69, 9.17) is 0 Å². The molecule has 3 rings (SSSR count). The van der Waals surface area contributed by atoms with Gasteiger partial charge in [0.05, 0.1) is 6.42 Å². The zero-order valence-electron chi connectivity index (χ0n) is 9.79. The molecule has 0 bridgehead atoms. The number of hydrazone groups is 1. The average molecular weight is 241 g/mol. The van der Waals surface area contributed by atoms with Crippen molar-refractivity contribution in [2.24, 2.45) is 5.10 Å². The van der Waals surface area contributed by atoms with Gasteiger partial charge in [0, 0.05) is 11.1 Å². The molecule has 5 nitrogen and oxygen atoms in total. The minimum absolute atomic E-state index is 0.0988. The fourth-order valence-corrected chi connectivity index (χ4v) is 1.97. The van der Waals surface area contributed by atoms with Crippen molar-refractivity contribution in [3.05, 3.63) is 30.3 Å². The third-order valence-electron chi connectivity index (χ3n) is 2.82. The van der Waals surface area contributed by atoms with Gasteiger partial charge in [-0.2, -0.15) is 10.1 Å². The van der Waals surface area contributed by atoms with Crippen molar-refractivity contribution in [1.82, 2.24) is 4.98 Å². The van der Waals surface area contributed by atoms with Crippen LogP contribution in [-0.2, 0) is 4.79 Å². The van der Waals surface area contributed by atoms with Gasteiger partial charge >= 0.3 is 0 Å². The molecule has 90 valence electrons. The Labute approximate surface area is 103 Å².